The minimum absolute atomic E-state index is 0.0457. The molecule has 1 aliphatic heterocycles. The van der Waals surface area contributed by atoms with Crippen LogP contribution in [0, 0.1) is 0 Å². The molecule has 1 atom stereocenters. The van der Waals surface area contributed by atoms with E-state index in [2.05, 4.69) is 20.8 Å². The lowest BCUT2D eigenvalue weighted by Crippen LogP contribution is -2.46. The van der Waals surface area contributed by atoms with Crippen LogP contribution in [0.25, 0.3) is 0 Å². The highest BCUT2D eigenvalue weighted by molar-refractivity contribution is 7.99. The first-order chi connectivity index (χ1) is 10.6. The van der Waals surface area contributed by atoms with Crippen molar-refractivity contribution in [1.29, 1.82) is 0 Å². The van der Waals surface area contributed by atoms with Crippen molar-refractivity contribution in [2.75, 3.05) is 18.1 Å². The van der Waals surface area contributed by atoms with Crippen LogP contribution in [0.2, 0.25) is 0 Å². The van der Waals surface area contributed by atoms with E-state index < -0.39 is 22.0 Å². The fraction of sp³-hybridized carbons (Fsp3) is 0.562. The van der Waals surface area contributed by atoms with Crippen LogP contribution in [-0.2, 0) is 20.2 Å². The van der Waals surface area contributed by atoms with Crippen molar-refractivity contribution in [1.82, 2.24) is 4.31 Å². The number of carboxylic acids is 1. The Hall–Kier alpha value is -1.05. The molecule has 0 spiro atoms. The van der Waals surface area contributed by atoms with Crippen LogP contribution in [0.3, 0.4) is 0 Å². The molecule has 1 N–H and O–H groups in total. The molecule has 0 aromatic heterocycles. The van der Waals surface area contributed by atoms with Crippen LogP contribution >= 0.6 is 11.8 Å². The summed E-state index contributed by atoms with van der Waals surface area (Å²) in [4.78, 5) is 11.2. The van der Waals surface area contributed by atoms with Crippen LogP contribution in [0.1, 0.15) is 32.8 Å². The Labute approximate surface area is 142 Å². The van der Waals surface area contributed by atoms with Gasteiger partial charge in [-0.3, -0.25) is 4.79 Å². The lowest BCUT2D eigenvalue weighted by atomic mass is 9.87. The van der Waals surface area contributed by atoms with E-state index in [0.29, 0.717) is 18.1 Å². The molecule has 0 radical (unpaired) electrons. The van der Waals surface area contributed by atoms with Gasteiger partial charge < -0.3 is 5.11 Å². The van der Waals surface area contributed by atoms with Gasteiger partial charge in [-0.15, -0.1) is 0 Å². The van der Waals surface area contributed by atoms with Crippen LogP contribution in [-0.4, -0.2) is 47.9 Å². The number of sulfonamides is 1. The van der Waals surface area contributed by atoms with Gasteiger partial charge in [0.2, 0.25) is 10.0 Å². The molecule has 1 aromatic rings. The van der Waals surface area contributed by atoms with Crippen LogP contribution in [0.5, 0.6) is 0 Å². The molecule has 2 rings (SSSR count). The highest BCUT2D eigenvalue weighted by Crippen LogP contribution is 2.28. The Morgan fingerprint density at radius 2 is 1.91 bits per heavy atom. The number of thioether (sulfide) groups is 1. The van der Waals surface area contributed by atoms with Gasteiger partial charge in [0.1, 0.15) is 0 Å². The smallest absolute Gasteiger partial charge is 0.305 e. The predicted octanol–water partition coefficient (Wildman–Crippen LogP) is 2.56. The second-order valence-electron chi connectivity index (χ2n) is 6.72. The zero-order valence-electron chi connectivity index (χ0n) is 13.7. The number of carbonyl (C=O) groups is 1. The largest absolute Gasteiger partial charge is 0.481 e. The third-order valence-corrected chi connectivity index (χ3v) is 6.97. The van der Waals surface area contributed by atoms with Gasteiger partial charge in [-0.1, -0.05) is 32.9 Å². The first-order valence-electron chi connectivity index (χ1n) is 7.54. The summed E-state index contributed by atoms with van der Waals surface area (Å²) in [6, 6.07) is 6.42. The van der Waals surface area contributed by atoms with Gasteiger partial charge in [-0.2, -0.15) is 16.1 Å². The maximum atomic E-state index is 12.9. The molecule has 0 saturated carbocycles. The third kappa shape index (κ3) is 4.28. The number of benzene rings is 1. The van der Waals surface area contributed by atoms with Crippen molar-refractivity contribution < 1.29 is 18.3 Å². The summed E-state index contributed by atoms with van der Waals surface area (Å²) < 4.78 is 27.1. The lowest BCUT2D eigenvalue weighted by Gasteiger charge is -2.33. The lowest BCUT2D eigenvalue weighted by molar-refractivity contribution is -0.137. The molecule has 1 unspecified atom stereocenters. The number of hydrogen-bond donors (Lipinski definition) is 1. The molecule has 0 amide bonds. The Balaban J connectivity index is 2.30. The third-order valence-electron chi connectivity index (χ3n) is 3.91. The molecule has 0 aliphatic carbocycles. The van der Waals surface area contributed by atoms with E-state index in [1.165, 1.54) is 4.31 Å². The van der Waals surface area contributed by atoms with Gasteiger partial charge in [-0.25, -0.2) is 8.42 Å². The monoisotopic (exact) mass is 357 g/mol. The number of aliphatic carboxylic acids is 1. The van der Waals surface area contributed by atoms with Crippen LogP contribution < -0.4 is 0 Å². The van der Waals surface area contributed by atoms with Gasteiger partial charge in [0.15, 0.2) is 0 Å². The first kappa shape index (κ1) is 18.3. The summed E-state index contributed by atoms with van der Waals surface area (Å²) in [6.07, 6.45) is -0.160. The Bertz CT molecular complexity index is 662. The second-order valence-corrected chi connectivity index (χ2v) is 9.76. The molecule has 128 valence electrons. The van der Waals surface area contributed by atoms with E-state index >= 15 is 0 Å². The van der Waals surface area contributed by atoms with Gasteiger partial charge in [0.25, 0.3) is 0 Å². The van der Waals surface area contributed by atoms with E-state index in [1.807, 2.05) is 12.1 Å². The summed E-state index contributed by atoms with van der Waals surface area (Å²) in [5.41, 5.74) is 1.02. The van der Waals surface area contributed by atoms with Crippen molar-refractivity contribution in [2.24, 2.45) is 0 Å². The molecule has 5 nitrogen and oxygen atoms in total. The fourth-order valence-corrected chi connectivity index (χ4v) is 5.48. The van der Waals surface area contributed by atoms with E-state index in [9.17, 15) is 13.2 Å². The first-order valence-corrected chi connectivity index (χ1v) is 10.1. The Kier molecular flexibility index (Phi) is 5.43. The van der Waals surface area contributed by atoms with Gasteiger partial charge in [0, 0.05) is 24.1 Å². The Morgan fingerprint density at radius 3 is 2.43 bits per heavy atom. The number of nitrogens with zero attached hydrogens (tertiary/aromatic N) is 1. The zero-order valence-corrected chi connectivity index (χ0v) is 15.3. The van der Waals surface area contributed by atoms with E-state index in [1.54, 1.807) is 23.9 Å². The summed E-state index contributed by atoms with van der Waals surface area (Å²) in [7, 11) is -3.66. The average Bonchev–Trinajstić information content (AvgIpc) is 2.46. The fourth-order valence-electron chi connectivity index (χ4n) is 2.58. The van der Waals surface area contributed by atoms with E-state index in [4.69, 9.17) is 5.11 Å². The molecule has 1 aliphatic rings. The minimum atomic E-state index is -3.66. The minimum Gasteiger partial charge on any atom is -0.481 e. The second kappa shape index (κ2) is 6.83. The van der Waals surface area contributed by atoms with Crippen molar-refractivity contribution >= 4 is 27.8 Å². The highest BCUT2D eigenvalue weighted by Gasteiger charge is 2.35. The Morgan fingerprint density at radius 1 is 1.30 bits per heavy atom. The zero-order chi connectivity index (χ0) is 17.3. The quantitative estimate of drug-likeness (QED) is 0.896. The molecule has 23 heavy (non-hydrogen) atoms. The van der Waals surface area contributed by atoms with Crippen molar-refractivity contribution in [3.63, 3.8) is 0 Å². The summed E-state index contributed by atoms with van der Waals surface area (Å²) in [6.45, 7) is 6.57. The van der Waals surface area contributed by atoms with Crippen molar-refractivity contribution in [3.05, 3.63) is 29.8 Å². The molecule has 1 saturated heterocycles. The van der Waals surface area contributed by atoms with Crippen molar-refractivity contribution in [3.8, 4) is 0 Å². The van der Waals surface area contributed by atoms with Crippen molar-refractivity contribution in [2.45, 2.75) is 43.5 Å². The molecule has 1 fully saturated rings. The molecule has 7 heteroatoms. The standard InChI is InChI=1S/C16H23NO4S2/c1-16(2,3)12-4-6-14(7-5-12)23(20,21)17-8-9-22-11-13(17)10-15(18)19/h4-7,13H,8-11H2,1-3H3,(H,18,19). The van der Waals surface area contributed by atoms with Gasteiger partial charge >= 0.3 is 5.97 Å². The summed E-state index contributed by atoms with van der Waals surface area (Å²) >= 11 is 1.60. The maximum absolute atomic E-state index is 12.9. The van der Waals surface area contributed by atoms with E-state index in [-0.39, 0.29) is 16.7 Å². The molecule has 0 bridgehead atoms. The summed E-state index contributed by atoms with van der Waals surface area (Å²) in [5.74, 6) is 0.238. The maximum Gasteiger partial charge on any atom is 0.305 e. The average molecular weight is 357 g/mol. The van der Waals surface area contributed by atoms with Gasteiger partial charge in [0.05, 0.1) is 11.3 Å². The van der Waals surface area contributed by atoms with Crippen LogP contribution in [0.4, 0.5) is 0 Å². The molecular weight excluding hydrogens is 334 g/mol. The van der Waals surface area contributed by atoms with Gasteiger partial charge in [-0.05, 0) is 23.1 Å². The number of carboxylic acid groups (broad SMARTS) is 1. The van der Waals surface area contributed by atoms with E-state index in [0.717, 1.165) is 5.56 Å². The molecular formula is C16H23NO4S2. The SMILES string of the molecule is CC(C)(C)c1ccc(S(=O)(=O)N2CCSCC2CC(=O)O)cc1. The summed E-state index contributed by atoms with van der Waals surface area (Å²) in [5, 5.41) is 9.01. The highest BCUT2D eigenvalue weighted by atomic mass is 32.2. The normalized spacial score (nSPS) is 20.4. The number of rotatable bonds is 4. The topological polar surface area (TPSA) is 74.7 Å². The van der Waals surface area contributed by atoms with Crippen LogP contribution in [0.15, 0.2) is 29.2 Å². The molecule has 1 aromatic carbocycles. The number of hydrogen-bond acceptors (Lipinski definition) is 4. The molecule has 1 heterocycles. The predicted molar refractivity (Wildman–Crippen MR) is 92.4 cm³/mol.